The molecule has 0 saturated carbocycles. The molecule has 0 unspecified atom stereocenters. The average molecular weight is 303 g/mol. The number of carbonyl (C=O) groups is 1. The van der Waals surface area contributed by atoms with E-state index in [2.05, 4.69) is 0 Å². The van der Waals surface area contributed by atoms with Gasteiger partial charge in [-0.15, -0.1) is 0 Å². The third-order valence-corrected chi connectivity index (χ3v) is 2.50. The highest BCUT2D eigenvalue weighted by atomic mass is 16.6. The van der Waals surface area contributed by atoms with Crippen molar-refractivity contribution in [1.29, 1.82) is 0 Å². The lowest BCUT2D eigenvalue weighted by Crippen LogP contribution is -2.37. The van der Waals surface area contributed by atoms with Gasteiger partial charge in [-0.05, 0) is 46.1 Å². The number of nitrogens with zero attached hydrogens (tertiary/aromatic N) is 1. The van der Waals surface area contributed by atoms with E-state index >= 15 is 0 Å². The van der Waals surface area contributed by atoms with Crippen LogP contribution in [0.2, 0.25) is 0 Å². The minimum absolute atomic E-state index is 0.0238. The molecule has 1 amide bonds. The molecule has 0 fully saturated rings. The second kappa shape index (κ2) is 12.7. The summed E-state index contributed by atoms with van der Waals surface area (Å²) in [4.78, 5) is 13.5. The molecule has 0 spiro atoms. The highest BCUT2D eigenvalue weighted by Crippen LogP contribution is 2.10. The maximum absolute atomic E-state index is 11.9. The summed E-state index contributed by atoms with van der Waals surface area (Å²) in [5.74, 6) is 0. The molecule has 5 heteroatoms. The lowest BCUT2D eigenvalue weighted by molar-refractivity contribution is 0.0263. The van der Waals surface area contributed by atoms with Gasteiger partial charge in [-0.1, -0.05) is 19.9 Å². The van der Waals surface area contributed by atoms with Gasteiger partial charge in [0.15, 0.2) is 0 Å². The number of amides is 1. The van der Waals surface area contributed by atoms with Gasteiger partial charge in [0.2, 0.25) is 0 Å². The smallest absolute Gasteiger partial charge is 0.410 e. The van der Waals surface area contributed by atoms with Crippen molar-refractivity contribution in [2.24, 2.45) is 0 Å². The summed E-state index contributed by atoms with van der Waals surface area (Å²) in [5, 5.41) is 17.9. The van der Waals surface area contributed by atoms with E-state index < -0.39 is 5.60 Å². The molecule has 5 nitrogen and oxygen atoms in total. The molecule has 0 aromatic carbocycles. The van der Waals surface area contributed by atoms with Gasteiger partial charge in [0.1, 0.15) is 5.60 Å². The van der Waals surface area contributed by atoms with Gasteiger partial charge in [0, 0.05) is 19.7 Å². The number of aliphatic hydroxyl groups excluding tert-OH is 2. The van der Waals surface area contributed by atoms with Crippen LogP contribution in [0, 0.1) is 0 Å². The summed E-state index contributed by atoms with van der Waals surface area (Å²) in [6, 6.07) is 0. The van der Waals surface area contributed by atoms with Gasteiger partial charge in [-0.25, -0.2) is 4.79 Å². The van der Waals surface area contributed by atoms with Crippen molar-refractivity contribution in [3.05, 3.63) is 11.6 Å². The van der Waals surface area contributed by atoms with E-state index in [1.54, 1.807) is 4.90 Å². The first-order valence-corrected chi connectivity index (χ1v) is 7.71. The lowest BCUT2D eigenvalue weighted by Gasteiger charge is -2.26. The number of aliphatic hydroxyl groups is 2. The predicted octanol–water partition coefficient (Wildman–Crippen LogP) is 2.96. The Morgan fingerprint density at radius 1 is 1.24 bits per heavy atom. The molecule has 0 aromatic heterocycles. The molecule has 126 valence electrons. The minimum Gasteiger partial charge on any atom is -0.444 e. The largest absolute Gasteiger partial charge is 0.444 e. The number of hydrogen-bond acceptors (Lipinski definition) is 4. The van der Waals surface area contributed by atoms with Crippen LogP contribution in [0.5, 0.6) is 0 Å². The zero-order valence-electron chi connectivity index (χ0n) is 14.5. The van der Waals surface area contributed by atoms with Crippen LogP contribution in [0.4, 0.5) is 4.79 Å². The van der Waals surface area contributed by atoms with Crippen molar-refractivity contribution in [2.45, 2.75) is 60.0 Å². The Hall–Kier alpha value is -1.07. The zero-order valence-corrected chi connectivity index (χ0v) is 14.5. The first-order chi connectivity index (χ1) is 9.84. The second-order valence-electron chi connectivity index (χ2n) is 5.34. The Kier molecular flexibility index (Phi) is 13.4. The molecule has 0 aliphatic carbocycles. The summed E-state index contributed by atoms with van der Waals surface area (Å²) in [5.41, 5.74) is 0.302. The van der Waals surface area contributed by atoms with Crippen LogP contribution < -0.4 is 0 Å². The number of carbonyl (C=O) groups excluding carboxylic acids is 1. The quantitative estimate of drug-likeness (QED) is 0.709. The van der Waals surface area contributed by atoms with Crippen LogP contribution in [0.3, 0.4) is 0 Å². The molecule has 2 N–H and O–H groups in total. The maximum atomic E-state index is 11.9. The highest BCUT2D eigenvalue weighted by molar-refractivity contribution is 5.68. The average Bonchev–Trinajstić information content (AvgIpc) is 2.42. The monoisotopic (exact) mass is 303 g/mol. The van der Waals surface area contributed by atoms with Crippen molar-refractivity contribution in [1.82, 2.24) is 4.90 Å². The molecule has 0 heterocycles. The first-order valence-electron chi connectivity index (χ1n) is 7.71. The topological polar surface area (TPSA) is 70.0 Å². The van der Waals surface area contributed by atoms with E-state index in [1.165, 1.54) is 0 Å². The van der Waals surface area contributed by atoms with Crippen molar-refractivity contribution < 1.29 is 19.7 Å². The predicted molar refractivity (Wildman–Crippen MR) is 86.3 cm³/mol. The molecule has 0 aromatic rings. The van der Waals surface area contributed by atoms with E-state index in [0.29, 0.717) is 25.9 Å². The molecule has 0 aliphatic heterocycles. The molecular weight excluding hydrogens is 270 g/mol. The van der Waals surface area contributed by atoms with Crippen molar-refractivity contribution in [3.63, 3.8) is 0 Å². The van der Waals surface area contributed by atoms with Crippen LogP contribution in [-0.2, 0) is 4.74 Å². The molecule has 0 aliphatic rings. The fraction of sp³-hybridized carbons (Fsp3) is 0.812. The van der Waals surface area contributed by atoms with E-state index in [-0.39, 0.29) is 19.3 Å². The van der Waals surface area contributed by atoms with Crippen LogP contribution >= 0.6 is 0 Å². The van der Waals surface area contributed by atoms with Crippen molar-refractivity contribution >= 4 is 6.09 Å². The third kappa shape index (κ3) is 12.4. The molecule has 21 heavy (non-hydrogen) atoms. The van der Waals surface area contributed by atoms with E-state index in [4.69, 9.17) is 14.9 Å². The minimum atomic E-state index is -0.493. The van der Waals surface area contributed by atoms with Crippen LogP contribution in [0.25, 0.3) is 0 Å². The Morgan fingerprint density at radius 3 is 2.19 bits per heavy atom. The molecule has 0 atom stereocenters. The zero-order chi connectivity index (χ0) is 16.9. The molecule has 0 bridgehead atoms. The van der Waals surface area contributed by atoms with Gasteiger partial charge in [-0.3, -0.25) is 0 Å². The van der Waals surface area contributed by atoms with E-state index in [1.807, 2.05) is 47.6 Å². The fourth-order valence-corrected chi connectivity index (χ4v) is 1.52. The Morgan fingerprint density at radius 2 is 1.81 bits per heavy atom. The van der Waals surface area contributed by atoms with Crippen LogP contribution in [0.15, 0.2) is 11.6 Å². The normalized spacial score (nSPS) is 11.5. The van der Waals surface area contributed by atoms with Gasteiger partial charge in [0.05, 0.1) is 6.61 Å². The van der Waals surface area contributed by atoms with Gasteiger partial charge >= 0.3 is 6.09 Å². The molecular formula is C16H33NO4. The van der Waals surface area contributed by atoms with E-state index in [9.17, 15) is 4.79 Å². The van der Waals surface area contributed by atoms with Crippen LogP contribution in [0.1, 0.15) is 54.4 Å². The van der Waals surface area contributed by atoms with E-state index in [0.717, 1.165) is 5.57 Å². The fourth-order valence-electron chi connectivity index (χ4n) is 1.52. The molecule has 0 rings (SSSR count). The Balaban J connectivity index is 0. The Labute approximate surface area is 129 Å². The highest BCUT2D eigenvalue weighted by Gasteiger charge is 2.20. The summed E-state index contributed by atoms with van der Waals surface area (Å²) in [6.45, 7) is 12.5. The molecule has 0 radical (unpaired) electrons. The van der Waals surface area contributed by atoms with Crippen molar-refractivity contribution in [3.8, 4) is 0 Å². The lowest BCUT2D eigenvalue weighted by atomic mass is 10.1. The number of hydrogen-bond donors (Lipinski definition) is 2. The first kappa shape index (κ1) is 22.2. The number of rotatable bonds is 7. The summed E-state index contributed by atoms with van der Waals surface area (Å²) in [7, 11) is 0. The van der Waals surface area contributed by atoms with Crippen molar-refractivity contribution in [2.75, 3.05) is 26.3 Å². The van der Waals surface area contributed by atoms with Gasteiger partial charge < -0.3 is 19.8 Å². The third-order valence-electron chi connectivity index (χ3n) is 2.50. The summed E-state index contributed by atoms with van der Waals surface area (Å²) >= 11 is 0. The second-order valence-corrected chi connectivity index (χ2v) is 5.34. The summed E-state index contributed by atoms with van der Waals surface area (Å²) in [6.07, 6.45) is 2.65. The SMILES string of the molecule is CC.CCN(CC/C=C(\CO)CCO)C(=O)OC(C)(C)C. The van der Waals surface area contributed by atoms with Crippen LogP contribution in [-0.4, -0.2) is 53.1 Å². The standard InChI is InChI=1S/C14H27NO4.C2H6/c1-5-15(13(18)19-14(2,3)4)9-6-7-12(11-17)8-10-16;1-2/h7,16-17H,5-6,8-11H2,1-4H3;1-2H3/b12-7-;. The maximum Gasteiger partial charge on any atom is 0.410 e. The number of ether oxygens (including phenoxy) is 1. The summed E-state index contributed by atoms with van der Waals surface area (Å²) < 4.78 is 5.30. The molecule has 0 saturated heterocycles. The van der Waals surface area contributed by atoms with Gasteiger partial charge in [-0.2, -0.15) is 0 Å². The Bertz CT molecular complexity index is 295. The van der Waals surface area contributed by atoms with Gasteiger partial charge in [0.25, 0.3) is 0 Å².